The number of oxazole rings is 1. The monoisotopic (exact) mass is 332 g/mol. The molecule has 0 bridgehead atoms. The summed E-state index contributed by atoms with van der Waals surface area (Å²) in [6, 6.07) is 12.1. The molecule has 7 heteroatoms. The fourth-order valence-electron chi connectivity index (χ4n) is 2.28. The number of rotatable bonds is 5. The molecule has 0 aliphatic heterocycles. The molecule has 3 aromatic rings. The van der Waals surface area contributed by atoms with Crippen LogP contribution < -0.4 is 9.46 Å². The number of ether oxygens (including phenoxy) is 1. The third-order valence-electron chi connectivity index (χ3n) is 3.42. The number of aryl methyl sites for hydroxylation is 1. The van der Waals surface area contributed by atoms with Gasteiger partial charge in [-0.25, -0.2) is 18.1 Å². The fraction of sp³-hybridized carbons (Fsp3) is 0.188. The van der Waals surface area contributed by atoms with Gasteiger partial charge in [0, 0.05) is 0 Å². The lowest BCUT2D eigenvalue weighted by atomic mass is 10.2. The number of hydrogen-bond donors (Lipinski definition) is 1. The van der Waals surface area contributed by atoms with Crippen LogP contribution in [-0.2, 0) is 16.6 Å². The van der Waals surface area contributed by atoms with Gasteiger partial charge in [0.15, 0.2) is 5.58 Å². The molecule has 0 amide bonds. The maximum Gasteiger partial charge on any atom is 0.241 e. The Morgan fingerprint density at radius 1 is 1.22 bits per heavy atom. The molecule has 0 radical (unpaired) electrons. The number of hydrogen-bond acceptors (Lipinski definition) is 5. The molecule has 0 spiro atoms. The number of nitrogens with zero attached hydrogens (tertiary/aromatic N) is 1. The van der Waals surface area contributed by atoms with Crippen LogP contribution in [0.4, 0.5) is 0 Å². The molecule has 3 rings (SSSR count). The summed E-state index contributed by atoms with van der Waals surface area (Å²) < 4.78 is 37.9. The average molecular weight is 332 g/mol. The van der Waals surface area contributed by atoms with Gasteiger partial charge in [-0.05, 0) is 42.8 Å². The summed E-state index contributed by atoms with van der Waals surface area (Å²) >= 11 is 0. The molecule has 0 atom stereocenters. The van der Waals surface area contributed by atoms with E-state index >= 15 is 0 Å². The predicted octanol–water partition coefficient (Wildman–Crippen LogP) is 2.62. The Labute approximate surface area is 134 Å². The highest BCUT2D eigenvalue weighted by atomic mass is 32.2. The van der Waals surface area contributed by atoms with Crippen molar-refractivity contribution < 1.29 is 17.6 Å². The predicted molar refractivity (Wildman–Crippen MR) is 85.8 cm³/mol. The van der Waals surface area contributed by atoms with Gasteiger partial charge >= 0.3 is 0 Å². The number of benzene rings is 2. The standard InChI is InChI=1S/C16H16N2O4S/c1-11-9-12(21-2)7-8-15(11)23(19,20)17-10-16-18-13-5-3-4-6-14(13)22-16/h3-9,17H,10H2,1-2H3. The number of sulfonamides is 1. The zero-order valence-electron chi connectivity index (χ0n) is 12.7. The van der Waals surface area contributed by atoms with Gasteiger partial charge in [-0.2, -0.15) is 0 Å². The van der Waals surface area contributed by atoms with Crippen molar-refractivity contribution >= 4 is 21.1 Å². The summed E-state index contributed by atoms with van der Waals surface area (Å²) in [6.07, 6.45) is 0. The van der Waals surface area contributed by atoms with Crippen LogP contribution in [0.3, 0.4) is 0 Å². The van der Waals surface area contributed by atoms with Gasteiger partial charge < -0.3 is 9.15 Å². The summed E-state index contributed by atoms with van der Waals surface area (Å²) in [7, 11) is -2.12. The topological polar surface area (TPSA) is 81.4 Å². The minimum Gasteiger partial charge on any atom is -0.497 e. The van der Waals surface area contributed by atoms with Crippen molar-refractivity contribution in [2.45, 2.75) is 18.4 Å². The Morgan fingerprint density at radius 3 is 2.70 bits per heavy atom. The second kappa shape index (κ2) is 6.02. The quantitative estimate of drug-likeness (QED) is 0.777. The first-order valence-electron chi connectivity index (χ1n) is 6.98. The van der Waals surface area contributed by atoms with Crippen LogP contribution in [0.5, 0.6) is 5.75 Å². The van der Waals surface area contributed by atoms with Crippen LogP contribution in [0.15, 0.2) is 51.8 Å². The van der Waals surface area contributed by atoms with Crippen LogP contribution in [0.25, 0.3) is 11.1 Å². The summed E-state index contributed by atoms with van der Waals surface area (Å²) in [4.78, 5) is 4.45. The van der Waals surface area contributed by atoms with Gasteiger partial charge in [0.05, 0.1) is 18.6 Å². The lowest BCUT2D eigenvalue weighted by Gasteiger charge is -2.09. The second-order valence-corrected chi connectivity index (χ2v) is 6.77. The number of methoxy groups -OCH3 is 1. The van der Waals surface area contributed by atoms with E-state index in [1.54, 1.807) is 25.1 Å². The molecule has 2 aromatic carbocycles. The van der Waals surface area contributed by atoms with Gasteiger partial charge in [0.1, 0.15) is 11.3 Å². The number of nitrogens with one attached hydrogen (secondary N) is 1. The number of para-hydroxylation sites is 2. The maximum atomic E-state index is 12.4. The molecule has 0 aliphatic rings. The van der Waals surface area contributed by atoms with E-state index in [0.717, 1.165) is 0 Å². The first-order valence-corrected chi connectivity index (χ1v) is 8.47. The van der Waals surface area contributed by atoms with E-state index in [9.17, 15) is 8.42 Å². The molecule has 0 aliphatic carbocycles. The van der Waals surface area contributed by atoms with Crippen LogP contribution in [0.1, 0.15) is 11.5 Å². The van der Waals surface area contributed by atoms with Crippen molar-refractivity contribution in [2.75, 3.05) is 7.11 Å². The van der Waals surface area contributed by atoms with Crippen LogP contribution in [0.2, 0.25) is 0 Å². The van der Waals surface area contributed by atoms with E-state index in [2.05, 4.69) is 9.71 Å². The third kappa shape index (κ3) is 3.20. The molecule has 6 nitrogen and oxygen atoms in total. The Bertz CT molecular complexity index is 915. The molecule has 1 N–H and O–H groups in total. The van der Waals surface area contributed by atoms with Gasteiger partial charge in [0.25, 0.3) is 0 Å². The normalized spacial score (nSPS) is 11.7. The Balaban J connectivity index is 1.81. The zero-order valence-corrected chi connectivity index (χ0v) is 13.6. The molecular formula is C16H16N2O4S. The average Bonchev–Trinajstić information content (AvgIpc) is 2.95. The molecule has 0 saturated heterocycles. The summed E-state index contributed by atoms with van der Waals surface area (Å²) in [5, 5.41) is 0. The van der Waals surface area contributed by atoms with Crippen LogP contribution >= 0.6 is 0 Å². The lowest BCUT2D eigenvalue weighted by Crippen LogP contribution is -2.24. The van der Waals surface area contributed by atoms with Gasteiger partial charge in [0.2, 0.25) is 15.9 Å². The van der Waals surface area contributed by atoms with Gasteiger partial charge in [-0.3, -0.25) is 0 Å². The van der Waals surface area contributed by atoms with E-state index < -0.39 is 10.0 Å². The van der Waals surface area contributed by atoms with E-state index in [1.165, 1.54) is 13.2 Å². The highest BCUT2D eigenvalue weighted by Crippen LogP contribution is 2.21. The van der Waals surface area contributed by atoms with Crippen LogP contribution in [-0.4, -0.2) is 20.5 Å². The molecule has 0 saturated carbocycles. The largest absolute Gasteiger partial charge is 0.497 e. The van der Waals surface area contributed by atoms with Gasteiger partial charge in [-0.1, -0.05) is 12.1 Å². The smallest absolute Gasteiger partial charge is 0.241 e. The summed E-state index contributed by atoms with van der Waals surface area (Å²) in [6.45, 7) is 1.71. The van der Waals surface area contributed by atoms with Gasteiger partial charge in [-0.15, -0.1) is 0 Å². The summed E-state index contributed by atoms with van der Waals surface area (Å²) in [5.41, 5.74) is 1.93. The summed E-state index contributed by atoms with van der Waals surface area (Å²) in [5.74, 6) is 0.932. The van der Waals surface area contributed by atoms with E-state index in [1.807, 2.05) is 18.2 Å². The van der Waals surface area contributed by atoms with E-state index in [4.69, 9.17) is 9.15 Å². The fourth-order valence-corrected chi connectivity index (χ4v) is 3.48. The Morgan fingerprint density at radius 2 is 2.00 bits per heavy atom. The van der Waals surface area contributed by atoms with Crippen molar-refractivity contribution in [2.24, 2.45) is 0 Å². The zero-order chi connectivity index (χ0) is 16.4. The maximum absolute atomic E-state index is 12.4. The van der Waals surface area contributed by atoms with Crippen LogP contribution in [0, 0.1) is 6.92 Å². The molecule has 0 unspecified atom stereocenters. The van der Waals surface area contributed by atoms with Crippen molar-refractivity contribution in [3.63, 3.8) is 0 Å². The molecule has 23 heavy (non-hydrogen) atoms. The highest BCUT2D eigenvalue weighted by Gasteiger charge is 2.18. The Hall–Kier alpha value is -2.38. The van der Waals surface area contributed by atoms with Crippen molar-refractivity contribution in [1.82, 2.24) is 9.71 Å². The van der Waals surface area contributed by atoms with E-state index in [0.29, 0.717) is 28.3 Å². The molecule has 1 heterocycles. The third-order valence-corrected chi connectivity index (χ3v) is 4.98. The van der Waals surface area contributed by atoms with Crippen molar-refractivity contribution in [3.8, 4) is 5.75 Å². The minimum atomic E-state index is -3.66. The first-order chi connectivity index (χ1) is 11.0. The SMILES string of the molecule is COc1ccc(S(=O)(=O)NCc2nc3ccccc3o2)c(C)c1. The lowest BCUT2D eigenvalue weighted by molar-refractivity contribution is 0.414. The van der Waals surface area contributed by atoms with E-state index in [-0.39, 0.29) is 11.4 Å². The Kier molecular flexibility index (Phi) is 4.06. The van der Waals surface area contributed by atoms with Crippen molar-refractivity contribution in [1.29, 1.82) is 0 Å². The highest BCUT2D eigenvalue weighted by molar-refractivity contribution is 7.89. The molecule has 120 valence electrons. The first kappa shape index (κ1) is 15.5. The molecular weight excluding hydrogens is 316 g/mol. The molecule has 1 aromatic heterocycles. The van der Waals surface area contributed by atoms with Crippen molar-refractivity contribution in [3.05, 3.63) is 53.9 Å². The second-order valence-electron chi connectivity index (χ2n) is 5.03. The number of fused-ring (bicyclic) bond motifs is 1. The molecule has 0 fully saturated rings. The number of aromatic nitrogens is 1. The minimum absolute atomic E-state index is 0.0114.